The molecule has 2 unspecified atom stereocenters. The van der Waals surface area contributed by atoms with Crippen molar-refractivity contribution in [3.8, 4) is 0 Å². The molecule has 1 amide bonds. The number of fused-ring (bicyclic) bond motifs is 1. The van der Waals surface area contributed by atoms with E-state index >= 15 is 0 Å². The zero-order valence-corrected chi connectivity index (χ0v) is 18.6. The molecular formula is C20H22ClN5O4S. The molecule has 1 saturated heterocycles. The van der Waals surface area contributed by atoms with Crippen LogP contribution >= 0.6 is 11.6 Å². The zero-order valence-electron chi connectivity index (χ0n) is 17.0. The lowest BCUT2D eigenvalue weighted by Crippen LogP contribution is -2.48. The summed E-state index contributed by atoms with van der Waals surface area (Å²) in [6.07, 6.45) is 1.33. The van der Waals surface area contributed by atoms with Crippen LogP contribution in [0.1, 0.15) is 30.0 Å². The molecule has 164 valence electrons. The first-order valence-corrected chi connectivity index (χ1v) is 11.6. The molecule has 1 aliphatic heterocycles. The summed E-state index contributed by atoms with van der Waals surface area (Å²) in [7, 11) is -3.89. The van der Waals surface area contributed by atoms with Crippen LogP contribution in [0.3, 0.4) is 0 Å². The maximum atomic E-state index is 13.2. The average molecular weight is 464 g/mol. The number of aromatic nitrogens is 3. The molecular weight excluding hydrogens is 442 g/mol. The van der Waals surface area contributed by atoms with E-state index in [-0.39, 0.29) is 47.3 Å². The Morgan fingerprint density at radius 2 is 1.94 bits per heavy atom. The third-order valence-electron chi connectivity index (χ3n) is 4.99. The quantitative estimate of drug-likeness (QED) is 0.621. The van der Waals surface area contributed by atoms with Gasteiger partial charge in [-0.15, -0.1) is 10.2 Å². The van der Waals surface area contributed by atoms with Gasteiger partial charge in [0, 0.05) is 24.8 Å². The lowest BCUT2D eigenvalue weighted by atomic mass is 10.2. The Kier molecular flexibility index (Phi) is 5.98. The van der Waals surface area contributed by atoms with E-state index in [4.69, 9.17) is 16.3 Å². The molecule has 11 heteroatoms. The molecule has 0 aliphatic carbocycles. The fourth-order valence-corrected chi connectivity index (χ4v) is 5.67. The molecule has 9 nitrogen and oxygen atoms in total. The van der Waals surface area contributed by atoms with Crippen molar-refractivity contribution in [1.82, 2.24) is 24.2 Å². The van der Waals surface area contributed by atoms with Gasteiger partial charge in [0.05, 0.1) is 23.8 Å². The number of hydrogen-bond acceptors (Lipinski definition) is 6. The minimum atomic E-state index is -3.89. The second kappa shape index (κ2) is 8.54. The number of rotatable bonds is 5. The molecule has 3 aromatic rings. The predicted molar refractivity (Wildman–Crippen MR) is 114 cm³/mol. The number of benzene rings is 1. The van der Waals surface area contributed by atoms with Gasteiger partial charge < -0.3 is 10.1 Å². The standard InChI is InChI=1S/C20H22ClN5O4S/c1-13-11-25(12-14(2)30-13)31(28,29)17-9-15(6-7-16(17)21)20(27)22-10-19-24-23-18-5-3-4-8-26(18)19/h3-9,13-14H,10-12H2,1-2H3,(H,22,27). The van der Waals surface area contributed by atoms with E-state index in [1.807, 2.05) is 32.0 Å². The summed E-state index contributed by atoms with van der Waals surface area (Å²) >= 11 is 6.21. The van der Waals surface area contributed by atoms with Gasteiger partial charge >= 0.3 is 0 Å². The van der Waals surface area contributed by atoms with Gasteiger partial charge in [0.15, 0.2) is 11.5 Å². The van der Waals surface area contributed by atoms with Gasteiger partial charge in [0.1, 0.15) is 4.90 Å². The van der Waals surface area contributed by atoms with E-state index in [0.717, 1.165) is 0 Å². The summed E-state index contributed by atoms with van der Waals surface area (Å²) in [5.74, 6) is 0.117. The van der Waals surface area contributed by atoms with E-state index in [1.54, 1.807) is 10.6 Å². The molecule has 2 atom stereocenters. The van der Waals surface area contributed by atoms with Crippen molar-refractivity contribution in [2.24, 2.45) is 0 Å². The first-order valence-electron chi connectivity index (χ1n) is 9.77. The molecule has 1 N–H and O–H groups in total. The van der Waals surface area contributed by atoms with Crippen molar-refractivity contribution < 1.29 is 17.9 Å². The number of hydrogen-bond donors (Lipinski definition) is 1. The normalized spacial score (nSPS) is 20.1. The van der Waals surface area contributed by atoms with Crippen LogP contribution in [0, 0.1) is 0 Å². The van der Waals surface area contributed by atoms with Crippen molar-refractivity contribution in [3.05, 3.63) is 59.0 Å². The van der Waals surface area contributed by atoms with Crippen LogP contribution in [0.5, 0.6) is 0 Å². The van der Waals surface area contributed by atoms with Crippen LogP contribution in [0.2, 0.25) is 5.02 Å². The molecule has 0 bridgehead atoms. The van der Waals surface area contributed by atoms with E-state index in [9.17, 15) is 13.2 Å². The van der Waals surface area contributed by atoms with Gasteiger partial charge in [-0.05, 0) is 44.2 Å². The van der Waals surface area contributed by atoms with E-state index in [0.29, 0.717) is 11.5 Å². The molecule has 1 fully saturated rings. The number of pyridine rings is 1. The second-order valence-corrected chi connectivity index (χ2v) is 9.77. The molecule has 0 radical (unpaired) electrons. The summed E-state index contributed by atoms with van der Waals surface area (Å²) in [6, 6.07) is 9.71. The minimum Gasteiger partial charge on any atom is -0.373 e. The first-order chi connectivity index (χ1) is 14.8. The average Bonchev–Trinajstić information content (AvgIpc) is 3.14. The van der Waals surface area contributed by atoms with Crippen molar-refractivity contribution in [1.29, 1.82) is 0 Å². The number of amides is 1. The molecule has 1 aromatic carbocycles. The van der Waals surface area contributed by atoms with Gasteiger partial charge in [-0.2, -0.15) is 4.31 Å². The SMILES string of the molecule is CC1CN(S(=O)(=O)c2cc(C(=O)NCc3nnc4ccccn34)ccc2Cl)CC(C)O1. The highest BCUT2D eigenvalue weighted by Crippen LogP contribution is 2.28. The summed E-state index contributed by atoms with van der Waals surface area (Å²) in [6.45, 7) is 4.21. The Balaban J connectivity index is 1.55. The summed E-state index contributed by atoms with van der Waals surface area (Å²) in [4.78, 5) is 12.6. The maximum Gasteiger partial charge on any atom is 0.251 e. The van der Waals surface area contributed by atoms with Crippen LogP contribution in [-0.4, -0.2) is 58.5 Å². The Morgan fingerprint density at radius 3 is 2.68 bits per heavy atom. The fourth-order valence-electron chi connectivity index (χ4n) is 3.58. The third-order valence-corrected chi connectivity index (χ3v) is 7.30. The van der Waals surface area contributed by atoms with Gasteiger partial charge in [0.25, 0.3) is 5.91 Å². The summed E-state index contributed by atoms with van der Waals surface area (Å²) in [5, 5.41) is 10.9. The number of morpholine rings is 1. The Bertz CT molecular complexity index is 1220. The summed E-state index contributed by atoms with van der Waals surface area (Å²) in [5.41, 5.74) is 0.853. The Labute approximate surface area is 185 Å². The zero-order chi connectivity index (χ0) is 22.2. The lowest BCUT2D eigenvalue weighted by Gasteiger charge is -2.34. The molecule has 0 spiro atoms. The number of carbonyl (C=O) groups excluding carboxylic acids is 1. The van der Waals surface area contributed by atoms with Gasteiger partial charge in [-0.1, -0.05) is 17.7 Å². The molecule has 3 heterocycles. The van der Waals surface area contributed by atoms with Crippen LogP contribution in [-0.2, 0) is 21.3 Å². The van der Waals surface area contributed by atoms with E-state index in [1.165, 1.54) is 22.5 Å². The number of halogens is 1. The van der Waals surface area contributed by atoms with E-state index < -0.39 is 15.9 Å². The fraction of sp³-hybridized carbons (Fsp3) is 0.350. The lowest BCUT2D eigenvalue weighted by molar-refractivity contribution is -0.0440. The maximum absolute atomic E-state index is 13.2. The third kappa shape index (κ3) is 4.42. The van der Waals surface area contributed by atoms with Crippen LogP contribution in [0.4, 0.5) is 0 Å². The molecule has 1 aliphatic rings. The number of sulfonamides is 1. The first kappa shape index (κ1) is 21.7. The topological polar surface area (TPSA) is 106 Å². The number of nitrogens with zero attached hydrogens (tertiary/aromatic N) is 4. The highest BCUT2D eigenvalue weighted by molar-refractivity contribution is 7.89. The van der Waals surface area contributed by atoms with E-state index in [2.05, 4.69) is 15.5 Å². The highest BCUT2D eigenvalue weighted by atomic mass is 35.5. The molecule has 2 aromatic heterocycles. The van der Waals surface area contributed by atoms with Gasteiger partial charge in [-0.25, -0.2) is 8.42 Å². The smallest absolute Gasteiger partial charge is 0.251 e. The van der Waals surface area contributed by atoms with Crippen LogP contribution in [0.15, 0.2) is 47.5 Å². The summed E-state index contributed by atoms with van der Waals surface area (Å²) < 4.78 is 35.1. The number of nitrogens with one attached hydrogen (secondary N) is 1. The Hall–Kier alpha value is -2.53. The number of ether oxygens (including phenoxy) is 1. The molecule has 0 saturated carbocycles. The van der Waals surface area contributed by atoms with Crippen molar-refractivity contribution in [3.63, 3.8) is 0 Å². The van der Waals surface area contributed by atoms with Gasteiger partial charge in [-0.3, -0.25) is 9.20 Å². The second-order valence-electron chi connectivity index (χ2n) is 7.45. The molecule has 31 heavy (non-hydrogen) atoms. The Morgan fingerprint density at radius 1 is 1.19 bits per heavy atom. The predicted octanol–water partition coefficient (Wildman–Crippen LogP) is 2.11. The van der Waals surface area contributed by atoms with Crippen molar-refractivity contribution >= 4 is 33.2 Å². The monoisotopic (exact) mass is 463 g/mol. The number of carbonyl (C=O) groups is 1. The van der Waals surface area contributed by atoms with Crippen molar-refractivity contribution in [2.75, 3.05) is 13.1 Å². The largest absolute Gasteiger partial charge is 0.373 e. The minimum absolute atomic E-state index is 0.0619. The van der Waals surface area contributed by atoms with Crippen LogP contribution < -0.4 is 5.32 Å². The van der Waals surface area contributed by atoms with Crippen molar-refractivity contribution in [2.45, 2.75) is 37.5 Å². The van der Waals surface area contributed by atoms with Gasteiger partial charge in [0.2, 0.25) is 10.0 Å². The van der Waals surface area contributed by atoms with Crippen LogP contribution in [0.25, 0.3) is 5.65 Å². The highest BCUT2D eigenvalue weighted by Gasteiger charge is 2.33. The molecule has 4 rings (SSSR count).